The summed E-state index contributed by atoms with van der Waals surface area (Å²) in [6, 6.07) is 6.86. The SMILES string of the molecule is OC1CCC(Nc2cccc(OC(F)F)c2)CC1. The van der Waals surface area contributed by atoms with Gasteiger partial charge in [0.15, 0.2) is 0 Å². The number of alkyl halides is 2. The molecule has 18 heavy (non-hydrogen) atoms. The molecule has 1 aromatic carbocycles. The monoisotopic (exact) mass is 257 g/mol. The van der Waals surface area contributed by atoms with E-state index in [9.17, 15) is 13.9 Å². The molecule has 1 aromatic rings. The first-order valence-corrected chi connectivity index (χ1v) is 6.13. The number of hydrogen-bond donors (Lipinski definition) is 2. The minimum atomic E-state index is -2.80. The van der Waals surface area contributed by atoms with Crippen LogP contribution in [0.2, 0.25) is 0 Å². The topological polar surface area (TPSA) is 41.5 Å². The zero-order valence-electron chi connectivity index (χ0n) is 9.98. The number of ether oxygens (including phenoxy) is 1. The van der Waals surface area contributed by atoms with Crippen LogP contribution in [0.5, 0.6) is 5.75 Å². The Hall–Kier alpha value is -1.36. The summed E-state index contributed by atoms with van der Waals surface area (Å²) < 4.78 is 28.5. The maximum absolute atomic E-state index is 12.1. The number of hydrogen-bond acceptors (Lipinski definition) is 3. The Morgan fingerprint density at radius 2 is 1.94 bits per heavy atom. The highest BCUT2D eigenvalue weighted by atomic mass is 19.3. The number of rotatable bonds is 4. The second kappa shape index (κ2) is 6.00. The molecule has 0 saturated heterocycles. The molecular formula is C13H17F2NO2. The van der Waals surface area contributed by atoms with Crippen molar-refractivity contribution in [2.75, 3.05) is 5.32 Å². The smallest absolute Gasteiger partial charge is 0.387 e. The summed E-state index contributed by atoms with van der Waals surface area (Å²) in [5.41, 5.74) is 0.773. The highest BCUT2D eigenvalue weighted by Gasteiger charge is 2.19. The molecule has 0 bridgehead atoms. The fourth-order valence-electron chi connectivity index (χ4n) is 2.22. The Morgan fingerprint density at radius 3 is 2.61 bits per heavy atom. The van der Waals surface area contributed by atoms with Crippen LogP contribution < -0.4 is 10.1 Å². The van der Waals surface area contributed by atoms with Crippen molar-refractivity contribution in [2.45, 2.75) is 44.4 Å². The van der Waals surface area contributed by atoms with Gasteiger partial charge in [0.2, 0.25) is 0 Å². The number of aliphatic hydroxyl groups excluding tert-OH is 1. The minimum absolute atomic E-state index is 0.158. The van der Waals surface area contributed by atoms with Crippen LogP contribution in [0.25, 0.3) is 0 Å². The van der Waals surface area contributed by atoms with Crippen LogP contribution in [0.3, 0.4) is 0 Å². The highest BCUT2D eigenvalue weighted by Crippen LogP contribution is 2.24. The number of benzene rings is 1. The normalized spacial score (nSPS) is 24.0. The molecule has 100 valence electrons. The lowest BCUT2D eigenvalue weighted by Gasteiger charge is -2.27. The van der Waals surface area contributed by atoms with E-state index in [0.717, 1.165) is 31.4 Å². The van der Waals surface area contributed by atoms with Gasteiger partial charge in [0.05, 0.1) is 6.10 Å². The quantitative estimate of drug-likeness (QED) is 0.871. The van der Waals surface area contributed by atoms with Crippen molar-refractivity contribution in [3.63, 3.8) is 0 Å². The summed E-state index contributed by atoms with van der Waals surface area (Å²) in [5, 5.41) is 12.7. The molecule has 0 atom stereocenters. The molecule has 3 nitrogen and oxygen atoms in total. The number of nitrogens with one attached hydrogen (secondary N) is 1. The van der Waals surface area contributed by atoms with Crippen LogP contribution in [0.4, 0.5) is 14.5 Å². The zero-order valence-corrected chi connectivity index (χ0v) is 9.98. The standard InChI is InChI=1S/C13H17F2NO2/c14-13(15)18-12-3-1-2-10(8-12)16-9-4-6-11(17)7-5-9/h1-3,8-9,11,13,16-17H,4-7H2. The van der Waals surface area contributed by atoms with Gasteiger partial charge in [-0.3, -0.25) is 0 Å². The summed E-state index contributed by atoms with van der Waals surface area (Å²) >= 11 is 0. The Bertz CT molecular complexity index is 379. The van der Waals surface area contributed by atoms with Crippen molar-refractivity contribution < 1.29 is 18.6 Å². The lowest BCUT2D eigenvalue weighted by atomic mass is 9.93. The van der Waals surface area contributed by atoms with E-state index in [1.807, 2.05) is 6.07 Å². The Kier molecular flexibility index (Phi) is 4.36. The van der Waals surface area contributed by atoms with Crippen LogP contribution in [-0.4, -0.2) is 23.9 Å². The van der Waals surface area contributed by atoms with E-state index < -0.39 is 6.61 Å². The van der Waals surface area contributed by atoms with Crippen molar-refractivity contribution in [3.8, 4) is 5.75 Å². The van der Waals surface area contributed by atoms with E-state index in [1.165, 1.54) is 6.07 Å². The largest absolute Gasteiger partial charge is 0.435 e. The van der Waals surface area contributed by atoms with Gasteiger partial charge >= 0.3 is 6.61 Å². The van der Waals surface area contributed by atoms with Gasteiger partial charge in [-0.05, 0) is 37.8 Å². The molecule has 5 heteroatoms. The van der Waals surface area contributed by atoms with Gasteiger partial charge in [-0.2, -0.15) is 8.78 Å². The Balaban J connectivity index is 1.92. The molecular weight excluding hydrogens is 240 g/mol. The maximum atomic E-state index is 12.1. The third-order valence-corrected chi connectivity index (χ3v) is 3.13. The van der Waals surface area contributed by atoms with E-state index in [0.29, 0.717) is 0 Å². The fourth-order valence-corrected chi connectivity index (χ4v) is 2.22. The predicted octanol–water partition coefficient (Wildman–Crippen LogP) is 3.00. The van der Waals surface area contributed by atoms with Crippen molar-refractivity contribution in [1.82, 2.24) is 0 Å². The van der Waals surface area contributed by atoms with E-state index in [2.05, 4.69) is 10.1 Å². The number of anilines is 1. The molecule has 0 amide bonds. The molecule has 0 heterocycles. The first-order chi connectivity index (χ1) is 8.63. The predicted molar refractivity (Wildman–Crippen MR) is 65.0 cm³/mol. The molecule has 0 aromatic heterocycles. The van der Waals surface area contributed by atoms with Crippen LogP contribution in [0, 0.1) is 0 Å². The van der Waals surface area contributed by atoms with E-state index in [1.54, 1.807) is 12.1 Å². The first kappa shape index (κ1) is 13.1. The summed E-state index contributed by atoms with van der Waals surface area (Å²) in [4.78, 5) is 0. The number of halogens is 2. The first-order valence-electron chi connectivity index (χ1n) is 6.13. The van der Waals surface area contributed by atoms with Gasteiger partial charge in [-0.1, -0.05) is 6.07 Å². The molecule has 1 saturated carbocycles. The molecule has 2 rings (SSSR count). The van der Waals surface area contributed by atoms with Crippen LogP contribution in [-0.2, 0) is 0 Å². The lowest BCUT2D eigenvalue weighted by Crippen LogP contribution is -2.28. The van der Waals surface area contributed by atoms with Crippen molar-refractivity contribution in [3.05, 3.63) is 24.3 Å². The van der Waals surface area contributed by atoms with Gasteiger partial charge in [-0.25, -0.2) is 0 Å². The van der Waals surface area contributed by atoms with Gasteiger partial charge in [0.25, 0.3) is 0 Å². The zero-order chi connectivity index (χ0) is 13.0. The molecule has 1 aliphatic carbocycles. The molecule has 1 fully saturated rings. The van der Waals surface area contributed by atoms with Crippen molar-refractivity contribution in [1.29, 1.82) is 0 Å². The Morgan fingerprint density at radius 1 is 1.22 bits per heavy atom. The maximum Gasteiger partial charge on any atom is 0.387 e. The third-order valence-electron chi connectivity index (χ3n) is 3.13. The third kappa shape index (κ3) is 3.84. The van der Waals surface area contributed by atoms with Gasteiger partial charge in [-0.15, -0.1) is 0 Å². The van der Waals surface area contributed by atoms with Gasteiger partial charge in [0, 0.05) is 17.8 Å². The summed E-state index contributed by atoms with van der Waals surface area (Å²) in [7, 11) is 0. The van der Waals surface area contributed by atoms with Crippen molar-refractivity contribution >= 4 is 5.69 Å². The molecule has 0 aliphatic heterocycles. The number of aliphatic hydroxyl groups is 1. The highest BCUT2D eigenvalue weighted by molar-refractivity contribution is 5.48. The molecule has 1 aliphatic rings. The average Bonchev–Trinajstić information content (AvgIpc) is 2.32. The van der Waals surface area contributed by atoms with Crippen LogP contribution in [0.15, 0.2) is 24.3 Å². The second-order valence-electron chi connectivity index (χ2n) is 4.56. The lowest BCUT2D eigenvalue weighted by molar-refractivity contribution is -0.0498. The van der Waals surface area contributed by atoms with E-state index in [4.69, 9.17) is 0 Å². The molecule has 0 unspecified atom stereocenters. The molecule has 2 N–H and O–H groups in total. The summed E-state index contributed by atoms with van der Waals surface area (Å²) in [6.07, 6.45) is 3.15. The second-order valence-corrected chi connectivity index (χ2v) is 4.56. The minimum Gasteiger partial charge on any atom is -0.435 e. The van der Waals surface area contributed by atoms with Crippen LogP contribution in [0.1, 0.15) is 25.7 Å². The van der Waals surface area contributed by atoms with Crippen molar-refractivity contribution in [2.24, 2.45) is 0 Å². The van der Waals surface area contributed by atoms with Gasteiger partial charge in [0.1, 0.15) is 5.75 Å². The fraction of sp³-hybridized carbons (Fsp3) is 0.538. The Labute approximate surface area is 105 Å². The summed E-state index contributed by atoms with van der Waals surface area (Å²) in [5.74, 6) is 0.158. The molecule has 0 spiro atoms. The molecule has 0 radical (unpaired) electrons. The van der Waals surface area contributed by atoms with E-state index in [-0.39, 0.29) is 17.9 Å². The van der Waals surface area contributed by atoms with Crippen LogP contribution >= 0.6 is 0 Å². The summed E-state index contributed by atoms with van der Waals surface area (Å²) in [6.45, 7) is -2.80. The average molecular weight is 257 g/mol. The van der Waals surface area contributed by atoms with E-state index >= 15 is 0 Å². The van der Waals surface area contributed by atoms with Gasteiger partial charge < -0.3 is 15.2 Å².